The van der Waals surface area contributed by atoms with Crippen molar-refractivity contribution in [2.75, 3.05) is 18.0 Å². The standard InChI is InChI=1S/C16H18N4O2S/c21-20(22)14-15(19-10-6-1-2-7-11-19)17-12-18-16(14)23-13-8-4-3-5-9-13/h3-5,8-9,12H,1-2,6-7,10-11H2. The van der Waals surface area contributed by atoms with Crippen molar-refractivity contribution < 1.29 is 4.92 Å². The molecule has 120 valence electrons. The van der Waals surface area contributed by atoms with E-state index in [1.165, 1.54) is 30.9 Å². The molecular weight excluding hydrogens is 312 g/mol. The summed E-state index contributed by atoms with van der Waals surface area (Å²) >= 11 is 1.31. The molecule has 6 nitrogen and oxygen atoms in total. The molecule has 1 aliphatic heterocycles. The summed E-state index contributed by atoms with van der Waals surface area (Å²) in [5.41, 5.74) is 0.0169. The van der Waals surface area contributed by atoms with Crippen LogP contribution in [0.4, 0.5) is 11.5 Å². The van der Waals surface area contributed by atoms with Crippen LogP contribution in [-0.2, 0) is 0 Å². The molecule has 7 heteroatoms. The van der Waals surface area contributed by atoms with Gasteiger partial charge in [0.15, 0.2) is 5.03 Å². The maximum atomic E-state index is 11.6. The highest BCUT2D eigenvalue weighted by atomic mass is 32.2. The highest BCUT2D eigenvalue weighted by Crippen LogP contribution is 2.38. The lowest BCUT2D eigenvalue weighted by atomic mass is 10.2. The number of benzene rings is 1. The quantitative estimate of drug-likeness (QED) is 0.481. The van der Waals surface area contributed by atoms with Crippen LogP contribution in [0.15, 0.2) is 46.6 Å². The largest absolute Gasteiger partial charge is 0.351 e. The average molecular weight is 330 g/mol. The van der Waals surface area contributed by atoms with E-state index in [9.17, 15) is 10.1 Å². The predicted octanol–water partition coefficient (Wildman–Crippen LogP) is 3.92. The van der Waals surface area contributed by atoms with Gasteiger partial charge in [-0.3, -0.25) is 10.1 Å². The molecule has 1 aromatic heterocycles. The molecule has 0 bridgehead atoms. The molecule has 0 unspecified atom stereocenters. The van der Waals surface area contributed by atoms with Crippen LogP contribution in [0.5, 0.6) is 0 Å². The highest BCUT2D eigenvalue weighted by Gasteiger charge is 2.27. The van der Waals surface area contributed by atoms with Crippen molar-refractivity contribution >= 4 is 23.3 Å². The van der Waals surface area contributed by atoms with Crippen LogP contribution in [0.25, 0.3) is 0 Å². The molecule has 0 aliphatic carbocycles. The Balaban J connectivity index is 1.96. The second-order valence-electron chi connectivity index (χ2n) is 5.42. The van der Waals surface area contributed by atoms with Crippen molar-refractivity contribution in [2.45, 2.75) is 35.6 Å². The summed E-state index contributed by atoms with van der Waals surface area (Å²) in [6.45, 7) is 1.63. The van der Waals surface area contributed by atoms with E-state index >= 15 is 0 Å². The summed E-state index contributed by atoms with van der Waals surface area (Å²) in [6, 6.07) is 9.57. The fourth-order valence-corrected chi connectivity index (χ4v) is 3.58. The molecule has 0 radical (unpaired) electrons. The maximum Gasteiger partial charge on any atom is 0.343 e. The molecule has 2 aromatic rings. The number of rotatable bonds is 4. The number of hydrogen-bond donors (Lipinski definition) is 0. The number of nitro groups is 1. The van der Waals surface area contributed by atoms with Crippen LogP contribution in [0.1, 0.15) is 25.7 Å². The molecule has 0 saturated carbocycles. The minimum absolute atomic E-state index is 0.0169. The molecule has 0 atom stereocenters. The maximum absolute atomic E-state index is 11.6. The molecule has 0 amide bonds. The number of nitrogens with zero attached hydrogens (tertiary/aromatic N) is 4. The Morgan fingerprint density at radius 3 is 2.39 bits per heavy atom. The van der Waals surface area contributed by atoms with Crippen LogP contribution in [0, 0.1) is 10.1 Å². The Morgan fingerprint density at radius 2 is 1.74 bits per heavy atom. The Labute approximate surface area is 139 Å². The summed E-state index contributed by atoms with van der Waals surface area (Å²) in [6.07, 6.45) is 5.85. The van der Waals surface area contributed by atoms with Gasteiger partial charge in [-0.25, -0.2) is 9.97 Å². The average Bonchev–Trinajstić information content (AvgIpc) is 2.84. The van der Waals surface area contributed by atoms with Crippen molar-refractivity contribution in [3.63, 3.8) is 0 Å². The first-order chi connectivity index (χ1) is 11.3. The van der Waals surface area contributed by atoms with E-state index in [4.69, 9.17) is 0 Å². The van der Waals surface area contributed by atoms with Gasteiger partial charge in [0.1, 0.15) is 6.33 Å². The molecule has 2 heterocycles. The summed E-state index contributed by atoms with van der Waals surface area (Å²) in [5, 5.41) is 12.0. The van der Waals surface area contributed by atoms with Crippen molar-refractivity contribution in [1.29, 1.82) is 0 Å². The zero-order valence-corrected chi connectivity index (χ0v) is 13.5. The van der Waals surface area contributed by atoms with E-state index in [-0.39, 0.29) is 10.6 Å². The van der Waals surface area contributed by atoms with E-state index in [0.29, 0.717) is 10.8 Å². The third-order valence-electron chi connectivity index (χ3n) is 3.82. The highest BCUT2D eigenvalue weighted by molar-refractivity contribution is 7.99. The van der Waals surface area contributed by atoms with Gasteiger partial charge in [-0.2, -0.15) is 0 Å². The number of hydrogen-bond acceptors (Lipinski definition) is 6. The van der Waals surface area contributed by atoms with Gasteiger partial charge in [0.05, 0.1) is 4.92 Å². The van der Waals surface area contributed by atoms with Crippen LogP contribution in [0.2, 0.25) is 0 Å². The summed E-state index contributed by atoms with van der Waals surface area (Å²) < 4.78 is 0. The first-order valence-electron chi connectivity index (χ1n) is 7.73. The minimum atomic E-state index is -0.356. The van der Waals surface area contributed by atoms with Gasteiger partial charge in [-0.15, -0.1) is 0 Å². The fourth-order valence-electron chi connectivity index (χ4n) is 2.70. The summed E-state index contributed by atoms with van der Waals surface area (Å²) in [7, 11) is 0. The van der Waals surface area contributed by atoms with Gasteiger partial charge in [-0.05, 0) is 25.0 Å². The molecule has 23 heavy (non-hydrogen) atoms. The molecule has 1 aromatic carbocycles. The van der Waals surface area contributed by atoms with E-state index in [1.54, 1.807) is 0 Å². The molecule has 0 spiro atoms. The van der Waals surface area contributed by atoms with Crippen LogP contribution in [-0.4, -0.2) is 28.0 Å². The molecule has 1 saturated heterocycles. The topological polar surface area (TPSA) is 72.2 Å². The normalized spacial score (nSPS) is 15.2. The van der Waals surface area contributed by atoms with Gasteiger partial charge >= 0.3 is 5.69 Å². The zero-order chi connectivity index (χ0) is 16.1. The van der Waals surface area contributed by atoms with Crippen LogP contribution in [0.3, 0.4) is 0 Å². The minimum Gasteiger partial charge on any atom is -0.351 e. The number of aromatic nitrogens is 2. The van der Waals surface area contributed by atoms with E-state index in [2.05, 4.69) is 9.97 Å². The molecule has 1 aliphatic rings. The fraction of sp³-hybridized carbons (Fsp3) is 0.375. The Morgan fingerprint density at radius 1 is 1.04 bits per heavy atom. The van der Waals surface area contributed by atoms with Crippen LogP contribution >= 0.6 is 11.8 Å². The predicted molar refractivity (Wildman–Crippen MR) is 89.9 cm³/mol. The molecular formula is C16H18N4O2S. The lowest BCUT2D eigenvalue weighted by Gasteiger charge is -2.21. The van der Waals surface area contributed by atoms with Gasteiger partial charge in [-0.1, -0.05) is 42.8 Å². The first-order valence-corrected chi connectivity index (χ1v) is 8.54. The van der Waals surface area contributed by atoms with E-state index in [0.717, 1.165) is 30.8 Å². The third kappa shape index (κ3) is 3.79. The molecule has 1 fully saturated rings. The Kier molecular flexibility index (Phi) is 5.07. The second-order valence-corrected chi connectivity index (χ2v) is 6.49. The van der Waals surface area contributed by atoms with Gasteiger partial charge in [0.25, 0.3) is 0 Å². The van der Waals surface area contributed by atoms with E-state index in [1.807, 2.05) is 35.2 Å². The van der Waals surface area contributed by atoms with Gasteiger partial charge in [0.2, 0.25) is 5.82 Å². The monoisotopic (exact) mass is 330 g/mol. The summed E-state index contributed by atoms with van der Waals surface area (Å²) in [5.74, 6) is 0.449. The zero-order valence-electron chi connectivity index (χ0n) is 12.7. The van der Waals surface area contributed by atoms with E-state index < -0.39 is 0 Å². The Bertz CT molecular complexity index is 673. The van der Waals surface area contributed by atoms with Crippen molar-refractivity contribution in [1.82, 2.24) is 9.97 Å². The first kappa shape index (κ1) is 15.7. The van der Waals surface area contributed by atoms with Crippen LogP contribution < -0.4 is 4.90 Å². The SMILES string of the molecule is O=[N+]([O-])c1c(Sc2ccccc2)ncnc1N1CCCCCC1. The van der Waals surface area contributed by atoms with Crippen molar-refractivity contribution in [3.8, 4) is 0 Å². The second kappa shape index (κ2) is 7.41. The lowest BCUT2D eigenvalue weighted by molar-refractivity contribution is -0.387. The third-order valence-corrected chi connectivity index (χ3v) is 4.82. The molecule has 3 rings (SSSR count). The Hall–Kier alpha value is -2.15. The summed E-state index contributed by atoms with van der Waals surface area (Å²) in [4.78, 5) is 22.6. The lowest BCUT2D eigenvalue weighted by Crippen LogP contribution is -2.26. The molecule has 0 N–H and O–H groups in total. The van der Waals surface area contributed by atoms with Gasteiger partial charge in [0, 0.05) is 18.0 Å². The van der Waals surface area contributed by atoms with Gasteiger partial charge < -0.3 is 4.90 Å². The number of anilines is 1. The van der Waals surface area contributed by atoms with Crippen molar-refractivity contribution in [2.24, 2.45) is 0 Å². The van der Waals surface area contributed by atoms with Crippen molar-refractivity contribution in [3.05, 3.63) is 46.8 Å². The smallest absolute Gasteiger partial charge is 0.343 e.